The summed E-state index contributed by atoms with van der Waals surface area (Å²) in [7, 11) is 0. The summed E-state index contributed by atoms with van der Waals surface area (Å²) in [5.74, 6) is 1.00. The van der Waals surface area contributed by atoms with E-state index < -0.39 is 0 Å². The van der Waals surface area contributed by atoms with Crippen LogP contribution in [0.5, 0.6) is 5.75 Å². The number of pyridine rings is 1. The molecule has 2 bridgehead atoms. The van der Waals surface area contributed by atoms with Crippen molar-refractivity contribution >= 4 is 16.9 Å². The first-order valence-electron chi connectivity index (χ1n) is 12.2. The van der Waals surface area contributed by atoms with E-state index >= 15 is 0 Å². The maximum absolute atomic E-state index is 13.2. The zero-order valence-corrected chi connectivity index (χ0v) is 19.3. The molecular weight excluding hydrogens is 432 g/mol. The number of rotatable bonds is 3. The van der Waals surface area contributed by atoms with E-state index in [0.717, 1.165) is 59.9 Å². The Morgan fingerprint density at radius 3 is 2.76 bits per heavy atom. The van der Waals surface area contributed by atoms with Crippen LogP contribution < -0.4 is 15.9 Å². The van der Waals surface area contributed by atoms with Crippen molar-refractivity contribution in [3.05, 3.63) is 73.5 Å². The van der Waals surface area contributed by atoms with Crippen LogP contribution in [0.1, 0.15) is 47.6 Å². The van der Waals surface area contributed by atoms with Crippen LogP contribution in [0.4, 0.5) is 0 Å². The van der Waals surface area contributed by atoms with E-state index in [9.17, 15) is 14.4 Å². The van der Waals surface area contributed by atoms with Gasteiger partial charge in [0.25, 0.3) is 11.5 Å². The SMILES string of the molecule is Cc1cc(OCC(=O)N2C[C@@H]3C[C@@H](C2)c2cccc(=O)n2C3)c2c3c(c(=O)oc2c1)CCCC3. The van der Waals surface area contributed by atoms with Gasteiger partial charge in [0.1, 0.15) is 11.3 Å². The third-order valence-electron chi connectivity index (χ3n) is 7.61. The van der Waals surface area contributed by atoms with Gasteiger partial charge in [-0.15, -0.1) is 0 Å². The largest absolute Gasteiger partial charge is 0.483 e. The van der Waals surface area contributed by atoms with Crippen molar-refractivity contribution in [2.24, 2.45) is 5.92 Å². The van der Waals surface area contributed by atoms with Gasteiger partial charge in [0, 0.05) is 42.9 Å². The molecule has 0 saturated carbocycles. The fourth-order valence-corrected chi connectivity index (χ4v) is 6.11. The molecule has 1 fully saturated rings. The van der Waals surface area contributed by atoms with E-state index in [0.29, 0.717) is 31.0 Å². The quantitative estimate of drug-likeness (QED) is 0.561. The van der Waals surface area contributed by atoms with E-state index in [4.69, 9.17) is 9.15 Å². The summed E-state index contributed by atoms with van der Waals surface area (Å²) in [5.41, 5.74) is 4.01. The molecule has 4 heterocycles. The number of hydrogen-bond acceptors (Lipinski definition) is 5. The summed E-state index contributed by atoms with van der Waals surface area (Å²) in [5, 5.41) is 0.830. The lowest BCUT2D eigenvalue weighted by Gasteiger charge is -2.42. The Morgan fingerprint density at radius 1 is 1.09 bits per heavy atom. The van der Waals surface area contributed by atoms with Crippen LogP contribution in [0.25, 0.3) is 11.0 Å². The second-order valence-electron chi connectivity index (χ2n) is 9.98. The molecular formula is C27H28N2O5. The van der Waals surface area contributed by atoms with Crippen molar-refractivity contribution in [1.82, 2.24) is 9.47 Å². The van der Waals surface area contributed by atoms with Crippen LogP contribution in [0.2, 0.25) is 0 Å². The number of amides is 1. The second-order valence-corrected chi connectivity index (χ2v) is 9.98. The first kappa shape index (κ1) is 21.2. The third-order valence-corrected chi connectivity index (χ3v) is 7.61. The molecule has 0 spiro atoms. The highest BCUT2D eigenvalue weighted by Crippen LogP contribution is 2.36. The smallest absolute Gasteiger partial charge is 0.339 e. The van der Waals surface area contributed by atoms with Crippen LogP contribution >= 0.6 is 0 Å². The van der Waals surface area contributed by atoms with E-state index in [1.165, 1.54) is 0 Å². The number of carbonyl (C=O) groups excluding carboxylic acids is 1. The van der Waals surface area contributed by atoms with Crippen molar-refractivity contribution in [3.8, 4) is 5.75 Å². The molecule has 2 aromatic heterocycles. The van der Waals surface area contributed by atoms with Gasteiger partial charge in [0.05, 0.1) is 5.39 Å². The zero-order valence-electron chi connectivity index (χ0n) is 19.3. The van der Waals surface area contributed by atoms with E-state index in [-0.39, 0.29) is 35.5 Å². The maximum atomic E-state index is 13.2. The fourth-order valence-electron chi connectivity index (χ4n) is 6.11. The average Bonchev–Trinajstić information content (AvgIpc) is 2.83. The molecule has 3 aromatic rings. The topological polar surface area (TPSA) is 81.8 Å². The molecule has 6 rings (SSSR count). The molecule has 34 heavy (non-hydrogen) atoms. The van der Waals surface area contributed by atoms with Crippen molar-refractivity contribution in [2.45, 2.75) is 51.5 Å². The zero-order chi connectivity index (χ0) is 23.4. The minimum Gasteiger partial charge on any atom is -0.483 e. The molecule has 0 radical (unpaired) electrons. The predicted octanol–water partition coefficient (Wildman–Crippen LogP) is 3.17. The maximum Gasteiger partial charge on any atom is 0.339 e. The molecule has 176 valence electrons. The summed E-state index contributed by atoms with van der Waals surface area (Å²) in [4.78, 5) is 39.8. The van der Waals surface area contributed by atoms with Crippen molar-refractivity contribution in [2.75, 3.05) is 19.7 Å². The summed E-state index contributed by atoms with van der Waals surface area (Å²) in [6, 6.07) is 9.21. The minimum atomic E-state index is -0.255. The second kappa shape index (κ2) is 8.15. The Labute approximate surface area is 196 Å². The number of nitrogens with zero attached hydrogens (tertiary/aromatic N) is 2. The molecule has 0 unspecified atom stereocenters. The van der Waals surface area contributed by atoms with E-state index in [1.54, 1.807) is 12.1 Å². The van der Waals surface area contributed by atoms with Crippen molar-refractivity contribution in [3.63, 3.8) is 0 Å². The number of carbonyl (C=O) groups is 1. The fraction of sp³-hybridized carbons (Fsp3) is 0.444. The van der Waals surface area contributed by atoms with Crippen LogP contribution in [-0.2, 0) is 24.2 Å². The van der Waals surface area contributed by atoms with Crippen LogP contribution in [0, 0.1) is 12.8 Å². The molecule has 3 aliphatic rings. The number of hydrogen-bond donors (Lipinski definition) is 0. The molecule has 1 amide bonds. The van der Waals surface area contributed by atoms with Gasteiger partial charge in [0.2, 0.25) is 0 Å². The number of ether oxygens (including phenoxy) is 1. The monoisotopic (exact) mass is 460 g/mol. The first-order valence-corrected chi connectivity index (χ1v) is 12.2. The molecule has 2 aliphatic heterocycles. The lowest BCUT2D eigenvalue weighted by atomic mass is 9.83. The number of fused-ring (bicyclic) bond motifs is 7. The number of aromatic nitrogens is 1. The average molecular weight is 461 g/mol. The Balaban J connectivity index is 1.25. The van der Waals surface area contributed by atoms with Crippen LogP contribution in [0.3, 0.4) is 0 Å². The van der Waals surface area contributed by atoms with E-state index in [2.05, 4.69) is 0 Å². The Hall–Kier alpha value is -3.35. The number of likely N-dealkylation sites (tertiary alicyclic amines) is 1. The van der Waals surface area contributed by atoms with Gasteiger partial charge >= 0.3 is 5.63 Å². The highest BCUT2D eigenvalue weighted by atomic mass is 16.5. The molecule has 7 nitrogen and oxygen atoms in total. The normalized spacial score (nSPS) is 21.1. The molecule has 2 atom stereocenters. The standard InChI is InChI=1S/C27H28N2O5/c1-16-9-22(26-19-5-2-3-6-20(19)27(32)34-23(26)10-16)33-15-25(31)28-12-17-11-18(14-28)21-7-4-8-24(30)29(21)13-17/h4,7-10,17-18H,2-3,5-6,11-15H2,1H3/t17-,18-/m0/s1. The Bertz CT molecular complexity index is 1420. The van der Waals surface area contributed by atoms with Crippen LogP contribution in [0.15, 0.2) is 44.3 Å². The molecule has 7 heteroatoms. The first-order chi connectivity index (χ1) is 16.5. The number of benzene rings is 1. The highest BCUT2D eigenvalue weighted by molar-refractivity contribution is 5.89. The third kappa shape index (κ3) is 3.54. The lowest BCUT2D eigenvalue weighted by molar-refractivity contribution is -0.136. The molecule has 0 N–H and O–H groups in total. The van der Waals surface area contributed by atoms with Crippen molar-refractivity contribution in [1.29, 1.82) is 0 Å². The van der Waals surface area contributed by atoms with Gasteiger partial charge in [-0.05, 0) is 74.3 Å². The van der Waals surface area contributed by atoms with Gasteiger partial charge in [-0.2, -0.15) is 0 Å². The van der Waals surface area contributed by atoms with Gasteiger partial charge in [-0.25, -0.2) is 4.79 Å². The summed E-state index contributed by atoms with van der Waals surface area (Å²) in [6.07, 6.45) is 4.55. The summed E-state index contributed by atoms with van der Waals surface area (Å²) in [6.45, 7) is 3.76. The van der Waals surface area contributed by atoms with E-state index in [1.807, 2.05) is 34.6 Å². The summed E-state index contributed by atoms with van der Waals surface area (Å²) < 4.78 is 13.6. The minimum absolute atomic E-state index is 0.0385. The van der Waals surface area contributed by atoms with Gasteiger partial charge in [0.15, 0.2) is 6.61 Å². The number of piperidine rings is 1. The predicted molar refractivity (Wildman–Crippen MR) is 127 cm³/mol. The molecule has 1 saturated heterocycles. The summed E-state index contributed by atoms with van der Waals surface area (Å²) >= 11 is 0. The lowest BCUT2D eigenvalue weighted by Crippen LogP contribution is -2.50. The van der Waals surface area contributed by atoms with Crippen LogP contribution in [-0.4, -0.2) is 35.1 Å². The highest BCUT2D eigenvalue weighted by Gasteiger charge is 2.36. The van der Waals surface area contributed by atoms with Gasteiger partial charge in [-0.1, -0.05) is 6.07 Å². The van der Waals surface area contributed by atoms with Gasteiger partial charge < -0.3 is 18.6 Å². The van der Waals surface area contributed by atoms with Gasteiger partial charge in [-0.3, -0.25) is 9.59 Å². The Kier molecular flexibility index (Phi) is 5.08. The Morgan fingerprint density at radius 2 is 1.91 bits per heavy atom. The molecule has 1 aromatic carbocycles. The van der Waals surface area contributed by atoms with Crippen molar-refractivity contribution < 1.29 is 13.9 Å². The molecule has 1 aliphatic carbocycles. The number of aryl methyl sites for hydroxylation is 2.